The van der Waals surface area contributed by atoms with Crippen LogP contribution < -0.4 is 5.32 Å². The van der Waals surface area contributed by atoms with E-state index in [4.69, 9.17) is 0 Å². The van der Waals surface area contributed by atoms with E-state index in [1.165, 1.54) is 11.1 Å². The second-order valence-electron chi connectivity index (χ2n) is 5.92. The fraction of sp³-hybridized carbons (Fsp3) is 0.316. The molecule has 2 N–H and O–H groups in total. The number of amides is 1. The average Bonchev–Trinajstić information content (AvgIpc) is 2.91. The lowest BCUT2D eigenvalue weighted by molar-refractivity contribution is 0.0369. The first-order valence-corrected chi connectivity index (χ1v) is 7.80. The van der Waals surface area contributed by atoms with Crippen LogP contribution in [0.2, 0.25) is 0 Å². The Morgan fingerprint density at radius 2 is 1.91 bits per heavy atom. The largest absolute Gasteiger partial charge is 0.383 e. The van der Waals surface area contributed by atoms with Gasteiger partial charge in [-0.05, 0) is 48.1 Å². The van der Waals surface area contributed by atoms with Gasteiger partial charge >= 0.3 is 0 Å². The zero-order chi connectivity index (χ0) is 15.6. The van der Waals surface area contributed by atoms with Gasteiger partial charge in [0.05, 0.1) is 6.54 Å². The summed E-state index contributed by atoms with van der Waals surface area (Å²) in [6, 6.07) is 15.5. The van der Waals surface area contributed by atoms with E-state index in [1.807, 2.05) is 48.5 Å². The van der Waals surface area contributed by atoms with Crippen LogP contribution >= 0.6 is 0 Å². The van der Waals surface area contributed by atoms with Gasteiger partial charge in [-0.15, -0.1) is 0 Å². The normalized spacial score (nSPS) is 19.7. The van der Waals surface area contributed by atoms with Gasteiger partial charge in [0.1, 0.15) is 5.60 Å². The number of carbonyl (C=O) groups is 1. The fourth-order valence-electron chi connectivity index (χ4n) is 3.07. The van der Waals surface area contributed by atoms with Crippen LogP contribution in [0, 0.1) is 0 Å². The molecule has 0 fully saturated rings. The number of hydrogen-bond acceptors (Lipinski definition) is 2. The summed E-state index contributed by atoms with van der Waals surface area (Å²) >= 11 is 0. The molecule has 1 aliphatic carbocycles. The predicted octanol–water partition coefficient (Wildman–Crippen LogP) is 2.81. The van der Waals surface area contributed by atoms with E-state index in [1.54, 1.807) is 0 Å². The van der Waals surface area contributed by atoms with E-state index in [0.29, 0.717) is 12.0 Å². The summed E-state index contributed by atoms with van der Waals surface area (Å²) in [5.41, 5.74) is 3.01. The lowest BCUT2D eigenvalue weighted by atomic mass is 9.96. The van der Waals surface area contributed by atoms with Crippen molar-refractivity contribution in [1.29, 1.82) is 0 Å². The number of aryl methyl sites for hydroxylation is 2. The maximum absolute atomic E-state index is 12.2. The number of hydrogen-bond donors (Lipinski definition) is 2. The van der Waals surface area contributed by atoms with Crippen LogP contribution in [-0.4, -0.2) is 17.6 Å². The Balaban J connectivity index is 1.68. The molecule has 0 aromatic heterocycles. The third-order valence-corrected chi connectivity index (χ3v) is 4.49. The summed E-state index contributed by atoms with van der Waals surface area (Å²) in [6.07, 6.45) is 2.47. The maximum Gasteiger partial charge on any atom is 0.251 e. The minimum atomic E-state index is -0.949. The molecule has 0 spiro atoms. The van der Waals surface area contributed by atoms with Gasteiger partial charge < -0.3 is 10.4 Å². The molecule has 1 unspecified atom stereocenters. The van der Waals surface area contributed by atoms with Crippen molar-refractivity contribution in [2.45, 2.75) is 31.8 Å². The molecule has 1 atom stereocenters. The topological polar surface area (TPSA) is 49.3 Å². The third-order valence-electron chi connectivity index (χ3n) is 4.49. The second-order valence-corrected chi connectivity index (χ2v) is 5.92. The van der Waals surface area contributed by atoms with Crippen molar-refractivity contribution in [3.05, 3.63) is 70.8 Å². The van der Waals surface area contributed by atoms with Gasteiger partial charge in [-0.1, -0.05) is 43.3 Å². The molecule has 0 saturated carbocycles. The zero-order valence-corrected chi connectivity index (χ0v) is 12.8. The van der Waals surface area contributed by atoms with Crippen LogP contribution in [0.5, 0.6) is 0 Å². The van der Waals surface area contributed by atoms with E-state index < -0.39 is 5.60 Å². The highest BCUT2D eigenvalue weighted by atomic mass is 16.3. The molecule has 0 radical (unpaired) electrons. The van der Waals surface area contributed by atoms with Crippen molar-refractivity contribution in [2.24, 2.45) is 0 Å². The molecular formula is C19H21NO2. The van der Waals surface area contributed by atoms with E-state index >= 15 is 0 Å². The quantitative estimate of drug-likeness (QED) is 0.911. The minimum Gasteiger partial charge on any atom is -0.383 e. The highest BCUT2D eigenvalue weighted by Crippen LogP contribution is 2.36. The Hall–Kier alpha value is -2.13. The summed E-state index contributed by atoms with van der Waals surface area (Å²) in [7, 11) is 0. The Morgan fingerprint density at radius 3 is 2.64 bits per heavy atom. The lowest BCUT2D eigenvalue weighted by Crippen LogP contribution is -2.39. The molecule has 2 aromatic rings. The first kappa shape index (κ1) is 14.8. The van der Waals surface area contributed by atoms with Crippen LogP contribution in [0.15, 0.2) is 48.5 Å². The molecule has 2 aromatic carbocycles. The van der Waals surface area contributed by atoms with Crippen molar-refractivity contribution >= 4 is 5.91 Å². The predicted molar refractivity (Wildman–Crippen MR) is 86.8 cm³/mol. The van der Waals surface area contributed by atoms with Crippen LogP contribution in [-0.2, 0) is 18.4 Å². The van der Waals surface area contributed by atoms with Gasteiger partial charge in [0.15, 0.2) is 0 Å². The number of aliphatic hydroxyl groups is 1. The smallest absolute Gasteiger partial charge is 0.251 e. The van der Waals surface area contributed by atoms with Crippen LogP contribution in [0.3, 0.4) is 0 Å². The number of carbonyl (C=O) groups excluding carboxylic acids is 1. The molecule has 114 valence electrons. The maximum atomic E-state index is 12.2. The van der Waals surface area contributed by atoms with E-state index in [-0.39, 0.29) is 12.5 Å². The van der Waals surface area contributed by atoms with Gasteiger partial charge in [-0.25, -0.2) is 0 Å². The van der Waals surface area contributed by atoms with Crippen molar-refractivity contribution in [3.8, 4) is 0 Å². The summed E-state index contributed by atoms with van der Waals surface area (Å²) in [4.78, 5) is 12.2. The van der Waals surface area contributed by atoms with E-state index in [2.05, 4.69) is 12.2 Å². The van der Waals surface area contributed by atoms with Crippen LogP contribution in [0.25, 0.3) is 0 Å². The molecule has 0 bridgehead atoms. The van der Waals surface area contributed by atoms with Gasteiger partial charge in [-0.2, -0.15) is 0 Å². The summed E-state index contributed by atoms with van der Waals surface area (Å²) < 4.78 is 0. The number of fused-ring (bicyclic) bond motifs is 1. The van der Waals surface area contributed by atoms with Crippen molar-refractivity contribution in [1.82, 2.24) is 5.32 Å². The van der Waals surface area contributed by atoms with Gasteiger partial charge in [0.25, 0.3) is 5.91 Å². The minimum absolute atomic E-state index is 0.138. The van der Waals surface area contributed by atoms with Gasteiger partial charge in [0, 0.05) is 5.56 Å². The lowest BCUT2D eigenvalue weighted by Gasteiger charge is -2.24. The summed E-state index contributed by atoms with van der Waals surface area (Å²) in [6.45, 7) is 2.33. The molecule has 3 nitrogen and oxygen atoms in total. The molecule has 0 heterocycles. The first-order chi connectivity index (χ1) is 10.6. The first-order valence-electron chi connectivity index (χ1n) is 7.80. The SMILES string of the molecule is CCc1ccc(C(=O)NCC2(O)CCc3ccccc32)cc1. The fourth-order valence-corrected chi connectivity index (χ4v) is 3.07. The number of benzene rings is 2. The monoisotopic (exact) mass is 295 g/mol. The number of nitrogens with one attached hydrogen (secondary N) is 1. The van der Waals surface area contributed by atoms with Gasteiger partial charge in [-0.3, -0.25) is 4.79 Å². The van der Waals surface area contributed by atoms with E-state index in [0.717, 1.165) is 18.4 Å². The van der Waals surface area contributed by atoms with Crippen LogP contribution in [0.4, 0.5) is 0 Å². The molecule has 3 heteroatoms. The third kappa shape index (κ3) is 2.77. The Morgan fingerprint density at radius 1 is 1.18 bits per heavy atom. The van der Waals surface area contributed by atoms with Crippen molar-refractivity contribution < 1.29 is 9.90 Å². The second kappa shape index (κ2) is 5.93. The van der Waals surface area contributed by atoms with Gasteiger partial charge in [0.2, 0.25) is 0 Å². The molecule has 1 amide bonds. The van der Waals surface area contributed by atoms with Crippen molar-refractivity contribution in [2.75, 3.05) is 6.54 Å². The van der Waals surface area contributed by atoms with Crippen molar-refractivity contribution in [3.63, 3.8) is 0 Å². The molecule has 22 heavy (non-hydrogen) atoms. The summed E-state index contributed by atoms with van der Waals surface area (Å²) in [5.74, 6) is -0.138. The molecule has 3 rings (SSSR count). The number of rotatable bonds is 4. The van der Waals surface area contributed by atoms with Crippen LogP contribution in [0.1, 0.15) is 40.4 Å². The summed E-state index contributed by atoms with van der Waals surface area (Å²) in [5, 5.41) is 13.7. The Bertz CT molecular complexity index is 678. The zero-order valence-electron chi connectivity index (χ0n) is 12.8. The molecule has 1 aliphatic rings. The Labute approximate surface area is 131 Å². The average molecular weight is 295 g/mol. The van der Waals surface area contributed by atoms with E-state index in [9.17, 15) is 9.90 Å². The highest BCUT2D eigenvalue weighted by molar-refractivity contribution is 5.94. The molecule has 0 aliphatic heterocycles. The highest BCUT2D eigenvalue weighted by Gasteiger charge is 2.36. The Kier molecular flexibility index (Phi) is 3.99. The molecular weight excluding hydrogens is 274 g/mol. The standard InChI is InChI=1S/C19H21NO2/c1-2-14-7-9-16(10-8-14)18(21)20-13-19(22)12-11-15-5-3-4-6-17(15)19/h3-10,22H,2,11-13H2,1H3,(H,20,21). The molecule has 0 saturated heterocycles.